The summed E-state index contributed by atoms with van der Waals surface area (Å²) in [4.78, 5) is 12.6. The molecule has 0 unspecified atom stereocenters. The number of benzene rings is 4. The summed E-state index contributed by atoms with van der Waals surface area (Å²) >= 11 is 5.88. The number of nitrogens with one attached hydrogen (secondary N) is 1. The number of nitriles is 1. The Morgan fingerprint density at radius 3 is 2.53 bits per heavy atom. The van der Waals surface area contributed by atoms with Crippen molar-refractivity contribution in [1.82, 2.24) is 0 Å². The van der Waals surface area contributed by atoms with Crippen molar-refractivity contribution in [1.29, 1.82) is 5.26 Å². The lowest BCUT2D eigenvalue weighted by atomic mass is 10.1. The maximum atomic E-state index is 12.6. The molecule has 0 radical (unpaired) electrons. The number of carbonyl (C=O) groups is 1. The van der Waals surface area contributed by atoms with Crippen LogP contribution in [0.15, 0.2) is 90.5 Å². The fourth-order valence-corrected chi connectivity index (χ4v) is 3.64. The Hall–Kier alpha value is -4.27. The summed E-state index contributed by atoms with van der Waals surface area (Å²) in [5, 5.41) is 15.1. The number of amides is 1. The minimum atomic E-state index is -0.515. The Morgan fingerprint density at radius 1 is 1.00 bits per heavy atom. The highest BCUT2D eigenvalue weighted by Gasteiger charge is 2.12. The van der Waals surface area contributed by atoms with Gasteiger partial charge in [-0.25, -0.2) is 0 Å². The number of hydrogen-bond donors (Lipinski definition) is 1. The van der Waals surface area contributed by atoms with Gasteiger partial charge in [-0.05, 0) is 64.4 Å². The molecule has 0 aliphatic heterocycles. The van der Waals surface area contributed by atoms with Crippen LogP contribution in [-0.2, 0) is 11.4 Å². The third-order valence-electron chi connectivity index (χ3n) is 5.23. The Bertz CT molecular complexity index is 1400. The lowest BCUT2D eigenvalue weighted by Crippen LogP contribution is -2.13. The van der Waals surface area contributed by atoms with Gasteiger partial charge in [0.1, 0.15) is 18.2 Å². The molecule has 34 heavy (non-hydrogen) atoms. The third kappa shape index (κ3) is 5.37. The number of nitrogens with zero attached hydrogens (tertiary/aromatic N) is 1. The van der Waals surface area contributed by atoms with E-state index in [1.54, 1.807) is 49.6 Å². The Labute approximate surface area is 202 Å². The van der Waals surface area contributed by atoms with Crippen molar-refractivity contribution >= 4 is 40.0 Å². The van der Waals surface area contributed by atoms with Gasteiger partial charge in [0.05, 0.1) is 7.11 Å². The molecule has 1 N–H and O–H groups in total. The van der Waals surface area contributed by atoms with Crippen LogP contribution in [0.1, 0.15) is 11.1 Å². The van der Waals surface area contributed by atoms with Crippen LogP contribution < -0.4 is 14.8 Å². The van der Waals surface area contributed by atoms with Gasteiger partial charge in [0, 0.05) is 10.7 Å². The van der Waals surface area contributed by atoms with Crippen LogP contribution in [0.4, 0.5) is 5.69 Å². The summed E-state index contributed by atoms with van der Waals surface area (Å²) in [6, 6.07) is 28.1. The van der Waals surface area contributed by atoms with Crippen LogP contribution in [0.2, 0.25) is 5.02 Å². The molecule has 168 valence electrons. The number of carbonyl (C=O) groups excluding carboxylic acids is 1. The lowest BCUT2D eigenvalue weighted by Gasteiger charge is -2.13. The van der Waals surface area contributed by atoms with E-state index in [0.29, 0.717) is 34.4 Å². The van der Waals surface area contributed by atoms with Crippen molar-refractivity contribution in [3.8, 4) is 17.6 Å². The van der Waals surface area contributed by atoms with Crippen molar-refractivity contribution < 1.29 is 14.3 Å². The maximum absolute atomic E-state index is 12.6. The molecule has 0 saturated heterocycles. The quantitative estimate of drug-likeness (QED) is 0.244. The standard InChI is InChI=1S/C28H21ClN2O3/c1-33-26-14-9-19(15-22(17-30)28(32)31-24-12-10-23(29)11-13-24)16-27(26)34-18-21-7-4-6-20-5-2-3-8-25(20)21/h2-16H,18H2,1H3,(H,31,32)/b22-15+. The zero-order chi connectivity index (χ0) is 23.9. The van der Waals surface area contributed by atoms with E-state index in [2.05, 4.69) is 23.5 Å². The number of halogens is 1. The molecule has 4 rings (SSSR count). The zero-order valence-corrected chi connectivity index (χ0v) is 19.2. The highest BCUT2D eigenvalue weighted by Crippen LogP contribution is 2.30. The topological polar surface area (TPSA) is 71.3 Å². The average molecular weight is 469 g/mol. The second kappa shape index (κ2) is 10.6. The monoisotopic (exact) mass is 468 g/mol. The van der Waals surface area contributed by atoms with Crippen molar-refractivity contribution in [2.45, 2.75) is 6.61 Å². The van der Waals surface area contributed by atoms with Crippen molar-refractivity contribution in [2.24, 2.45) is 0 Å². The number of hydrogen-bond acceptors (Lipinski definition) is 4. The molecular weight excluding hydrogens is 448 g/mol. The summed E-state index contributed by atoms with van der Waals surface area (Å²) in [5.74, 6) is 0.556. The SMILES string of the molecule is COc1ccc(/C=C(\C#N)C(=O)Nc2ccc(Cl)cc2)cc1OCc1cccc2ccccc12. The molecule has 5 nitrogen and oxygen atoms in total. The second-order valence-electron chi connectivity index (χ2n) is 7.47. The molecule has 0 spiro atoms. The molecule has 0 aliphatic carbocycles. The van der Waals surface area contributed by atoms with Gasteiger partial charge in [0.15, 0.2) is 11.5 Å². The Kier molecular flexibility index (Phi) is 7.12. The maximum Gasteiger partial charge on any atom is 0.266 e. The van der Waals surface area contributed by atoms with Crippen LogP contribution in [0.5, 0.6) is 11.5 Å². The third-order valence-corrected chi connectivity index (χ3v) is 5.48. The number of fused-ring (bicyclic) bond motifs is 1. The van der Waals surface area contributed by atoms with E-state index in [1.807, 2.05) is 30.3 Å². The molecule has 4 aromatic carbocycles. The largest absolute Gasteiger partial charge is 0.493 e. The first-order valence-electron chi connectivity index (χ1n) is 10.5. The zero-order valence-electron chi connectivity index (χ0n) is 18.4. The first-order valence-corrected chi connectivity index (χ1v) is 10.9. The van der Waals surface area contributed by atoms with Gasteiger partial charge in [0.25, 0.3) is 5.91 Å². The van der Waals surface area contributed by atoms with E-state index < -0.39 is 5.91 Å². The lowest BCUT2D eigenvalue weighted by molar-refractivity contribution is -0.112. The van der Waals surface area contributed by atoms with Gasteiger partial charge in [-0.2, -0.15) is 5.26 Å². The number of methoxy groups -OCH3 is 1. The summed E-state index contributed by atoms with van der Waals surface area (Å²) < 4.78 is 11.5. The molecule has 0 aliphatic rings. The summed E-state index contributed by atoms with van der Waals surface area (Å²) in [7, 11) is 1.57. The first-order chi connectivity index (χ1) is 16.6. The molecule has 6 heteroatoms. The van der Waals surface area contributed by atoms with Gasteiger partial charge in [-0.3, -0.25) is 4.79 Å². The van der Waals surface area contributed by atoms with Crippen LogP contribution in [0, 0.1) is 11.3 Å². The predicted molar refractivity (Wildman–Crippen MR) is 135 cm³/mol. The first kappa shape index (κ1) is 22.9. The molecule has 1 amide bonds. The molecule has 0 fully saturated rings. The minimum Gasteiger partial charge on any atom is -0.493 e. The van der Waals surface area contributed by atoms with Crippen molar-refractivity contribution in [3.05, 3.63) is 107 Å². The van der Waals surface area contributed by atoms with E-state index in [1.165, 1.54) is 6.08 Å². The van der Waals surface area contributed by atoms with E-state index >= 15 is 0 Å². The summed E-state index contributed by atoms with van der Waals surface area (Å²) in [6.45, 7) is 0.340. The van der Waals surface area contributed by atoms with Crippen molar-refractivity contribution in [2.75, 3.05) is 12.4 Å². The average Bonchev–Trinajstić information content (AvgIpc) is 2.87. The normalized spacial score (nSPS) is 11.0. The van der Waals surface area contributed by atoms with Crippen molar-refractivity contribution in [3.63, 3.8) is 0 Å². The predicted octanol–water partition coefficient (Wildman–Crippen LogP) is 6.63. The van der Waals surface area contributed by atoms with Gasteiger partial charge in [0.2, 0.25) is 0 Å². The van der Waals surface area contributed by atoms with Gasteiger partial charge < -0.3 is 14.8 Å². The van der Waals surface area contributed by atoms with Crippen LogP contribution in [-0.4, -0.2) is 13.0 Å². The number of anilines is 1. The van der Waals surface area contributed by atoms with Gasteiger partial charge in [-0.1, -0.05) is 60.1 Å². The Morgan fingerprint density at radius 2 is 1.76 bits per heavy atom. The van der Waals surface area contributed by atoms with E-state index in [9.17, 15) is 10.1 Å². The smallest absolute Gasteiger partial charge is 0.266 e. The van der Waals surface area contributed by atoms with E-state index in [4.69, 9.17) is 21.1 Å². The highest BCUT2D eigenvalue weighted by atomic mass is 35.5. The number of rotatable bonds is 7. The summed E-state index contributed by atoms with van der Waals surface area (Å²) in [5.41, 5.74) is 2.18. The fourth-order valence-electron chi connectivity index (χ4n) is 3.52. The van der Waals surface area contributed by atoms with Crippen LogP contribution in [0.25, 0.3) is 16.8 Å². The van der Waals surface area contributed by atoms with Gasteiger partial charge >= 0.3 is 0 Å². The Balaban J connectivity index is 1.56. The highest BCUT2D eigenvalue weighted by molar-refractivity contribution is 6.30. The minimum absolute atomic E-state index is 0.0416. The summed E-state index contributed by atoms with van der Waals surface area (Å²) in [6.07, 6.45) is 1.51. The van der Waals surface area contributed by atoms with E-state index in [-0.39, 0.29) is 5.57 Å². The second-order valence-corrected chi connectivity index (χ2v) is 7.90. The molecule has 0 aromatic heterocycles. The molecule has 0 atom stereocenters. The molecule has 0 saturated carbocycles. The molecule has 0 bridgehead atoms. The fraction of sp³-hybridized carbons (Fsp3) is 0.0714. The van der Waals surface area contributed by atoms with E-state index in [0.717, 1.165) is 16.3 Å². The molecular formula is C28H21ClN2O3. The van der Waals surface area contributed by atoms with Gasteiger partial charge in [-0.15, -0.1) is 0 Å². The number of ether oxygens (including phenoxy) is 2. The molecule has 4 aromatic rings. The molecule has 0 heterocycles. The van der Waals surface area contributed by atoms with Crippen LogP contribution >= 0.6 is 11.6 Å². The van der Waals surface area contributed by atoms with Crippen LogP contribution in [0.3, 0.4) is 0 Å².